The van der Waals surface area contributed by atoms with Crippen LogP contribution in [0.15, 0.2) is 18.3 Å². The summed E-state index contributed by atoms with van der Waals surface area (Å²) < 4.78 is 0. The summed E-state index contributed by atoms with van der Waals surface area (Å²) in [5.74, 6) is 1.03. The van der Waals surface area contributed by atoms with Crippen LogP contribution in [0.3, 0.4) is 0 Å². The van der Waals surface area contributed by atoms with E-state index in [4.69, 9.17) is 0 Å². The lowest BCUT2D eigenvalue weighted by Crippen LogP contribution is -2.25. The van der Waals surface area contributed by atoms with E-state index < -0.39 is 6.10 Å². The zero-order valence-electron chi connectivity index (χ0n) is 9.35. The minimum atomic E-state index is -0.428. The van der Waals surface area contributed by atoms with Crippen molar-refractivity contribution in [1.29, 1.82) is 0 Å². The summed E-state index contributed by atoms with van der Waals surface area (Å²) in [5, 5.41) is 9.38. The maximum Gasteiger partial charge on any atom is 0.128 e. The van der Waals surface area contributed by atoms with E-state index >= 15 is 0 Å². The third kappa shape index (κ3) is 2.29. The van der Waals surface area contributed by atoms with Gasteiger partial charge in [0.25, 0.3) is 0 Å². The zero-order valence-corrected chi connectivity index (χ0v) is 9.35. The number of aromatic nitrogens is 1. The number of anilines is 1. The smallest absolute Gasteiger partial charge is 0.128 e. The van der Waals surface area contributed by atoms with Crippen LogP contribution in [0.2, 0.25) is 0 Å². The Morgan fingerprint density at radius 1 is 1.53 bits per heavy atom. The Kier molecular flexibility index (Phi) is 2.91. The molecule has 0 aliphatic heterocycles. The Morgan fingerprint density at radius 3 is 2.67 bits per heavy atom. The van der Waals surface area contributed by atoms with Gasteiger partial charge in [0, 0.05) is 18.8 Å². The van der Waals surface area contributed by atoms with Gasteiger partial charge in [-0.2, -0.15) is 0 Å². The Bertz CT molecular complexity index is 317. The minimum Gasteiger partial charge on any atom is -0.389 e. The molecule has 0 bridgehead atoms. The SMILES string of the molecule is CCN(c1ccc([C@H](C)O)cn1)C1CC1. The van der Waals surface area contributed by atoms with Crippen LogP contribution in [0.25, 0.3) is 0 Å². The molecule has 1 saturated carbocycles. The van der Waals surface area contributed by atoms with Crippen molar-refractivity contribution in [3.63, 3.8) is 0 Å². The van der Waals surface area contributed by atoms with Crippen LogP contribution in [0.5, 0.6) is 0 Å². The Morgan fingerprint density at radius 2 is 2.27 bits per heavy atom. The maximum absolute atomic E-state index is 9.38. The molecule has 3 heteroatoms. The van der Waals surface area contributed by atoms with Gasteiger partial charge in [-0.1, -0.05) is 6.07 Å². The third-order valence-electron chi connectivity index (χ3n) is 2.88. The van der Waals surface area contributed by atoms with Crippen LogP contribution < -0.4 is 4.90 Å². The minimum absolute atomic E-state index is 0.428. The van der Waals surface area contributed by atoms with Crippen molar-refractivity contribution in [2.75, 3.05) is 11.4 Å². The molecular formula is C12H18N2O. The fourth-order valence-electron chi connectivity index (χ4n) is 1.81. The van der Waals surface area contributed by atoms with Gasteiger partial charge in [0.1, 0.15) is 5.82 Å². The largest absolute Gasteiger partial charge is 0.389 e. The molecule has 2 rings (SSSR count). The maximum atomic E-state index is 9.38. The summed E-state index contributed by atoms with van der Waals surface area (Å²) in [7, 11) is 0. The first-order valence-corrected chi connectivity index (χ1v) is 5.63. The van der Waals surface area contributed by atoms with Gasteiger partial charge in [0.2, 0.25) is 0 Å². The highest BCUT2D eigenvalue weighted by Crippen LogP contribution is 2.30. The van der Waals surface area contributed by atoms with Gasteiger partial charge in [-0.05, 0) is 38.3 Å². The molecule has 0 saturated heterocycles. The second-order valence-electron chi connectivity index (χ2n) is 4.14. The zero-order chi connectivity index (χ0) is 10.8. The van der Waals surface area contributed by atoms with Crippen molar-refractivity contribution >= 4 is 5.82 Å². The average Bonchev–Trinajstić information content (AvgIpc) is 3.04. The second kappa shape index (κ2) is 4.19. The van der Waals surface area contributed by atoms with Crippen LogP contribution in [-0.2, 0) is 0 Å². The summed E-state index contributed by atoms with van der Waals surface area (Å²) in [5.41, 5.74) is 0.880. The summed E-state index contributed by atoms with van der Waals surface area (Å²) >= 11 is 0. The molecule has 1 aliphatic carbocycles. The first-order chi connectivity index (χ1) is 7.22. The van der Waals surface area contributed by atoms with Gasteiger partial charge in [-0.3, -0.25) is 0 Å². The number of aliphatic hydroxyl groups excluding tert-OH is 1. The number of rotatable bonds is 4. The summed E-state index contributed by atoms with van der Waals surface area (Å²) in [6, 6.07) is 4.65. The molecule has 15 heavy (non-hydrogen) atoms. The molecule has 0 spiro atoms. The van der Waals surface area contributed by atoms with Gasteiger partial charge in [-0.15, -0.1) is 0 Å². The lowest BCUT2D eigenvalue weighted by molar-refractivity contribution is 0.199. The van der Waals surface area contributed by atoms with Gasteiger partial charge < -0.3 is 10.0 Å². The molecule has 0 unspecified atom stereocenters. The molecule has 1 aromatic heterocycles. The van der Waals surface area contributed by atoms with Crippen LogP contribution in [-0.4, -0.2) is 22.7 Å². The molecule has 0 amide bonds. The molecule has 0 aromatic carbocycles. The highest BCUT2D eigenvalue weighted by atomic mass is 16.3. The summed E-state index contributed by atoms with van der Waals surface area (Å²) in [6.45, 7) is 4.92. The number of aliphatic hydroxyl groups is 1. The topological polar surface area (TPSA) is 36.4 Å². The third-order valence-corrected chi connectivity index (χ3v) is 2.88. The van der Waals surface area contributed by atoms with E-state index in [-0.39, 0.29) is 0 Å². The first kappa shape index (κ1) is 10.4. The molecule has 1 N–H and O–H groups in total. The molecule has 1 atom stereocenters. The van der Waals surface area contributed by atoms with E-state index in [9.17, 15) is 5.11 Å². The van der Waals surface area contributed by atoms with Crippen LogP contribution in [0, 0.1) is 0 Å². The van der Waals surface area contributed by atoms with Crippen LogP contribution in [0.4, 0.5) is 5.82 Å². The van der Waals surface area contributed by atoms with E-state index in [1.165, 1.54) is 12.8 Å². The summed E-state index contributed by atoms with van der Waals surface area (Å²) in [6.07, 6.45) is 3.91. The number of hydrogen-bond acceptors (Lipinski definition) is 3. The predicted molar refractivity (Wildman–Crippen MR) is 60.9 cm³/mol. The van der Waals surface area contributed by atoms with E-state index in [0.717, 1.165) is 17.9 Å². The van der Waals surface area contributed by atoms with Crippen LogP contribution in [0.1, 0.15) is 38.4 Å². The molecule has 82 valence electrons. The van der Waals surface area contributed by atoms with Gasteiger partial charge >= 0.3 is 0 Å². The Balaban J connectivity index is 2.14. The number of nitrogens with zero attached hydrogens (tertiary/aromatic N) is 2. The predicted octanol–water partition coefficient (Wildman–Crippen LogP) is 2.12. The van der Waals surface area contributed by atoms with Crippen molar-refractivity contribution in [3.8, 4) is 0 Å². The molecule has 1 fully saturated rings. The van der Waals surface area contributed by atoms with E-state index in [0.29, 0.717) is 6.04 Å². The van der Waals surface area contributed by atoms with E-state index in [2.05, 4.69) is 16.8 Å². The van der Waals surface area contributed by atoms with Crippen molar-refractivity contribution in [2.24, 2.45) is 0 Å². The molecule has 1 aromatic rings. The van der Waals surface area contributed by atoms with Crippen LogP contribution >= 0.6 is 0 Å². The van der Waals surface area contributed by atoms with Gasteiger partial charge in [0.05, 0.1) is 6.10 Å². The van der Waals surface area contributed by atoms with E-state index in [1.54, 1.807) is 13.1 Å². The lowest BCUT2D eigenvalue weighted by atomic mass is 10.2. The highest BCUT2D eigenvalue weighted by Gasteiger charge is 2.28. The number of hydrogen-bond donors (Lipinski definition) is 1. The standard InChI is InChI=1S/C12H18N2O/c1-3-14(11-5-6-11)12-7-4-10(8-13-12)9(2)15/h4,7-9,11,15H,3,5-6H2,1-2H3/t9-/m0/s1. The fourth-order valence-corrected chi connectivity index (χ4v) is 1.81. The highest BCUT2D eigenvalue weighted by molar-refractivity contribution is 5.42. The summed E-state index contributed by atoms with van der Waals surface area (Å²) in [4.78, 5) is 6.72. The lowest BCUT2D eigenvalue weighted by Gasteiger charge is -2.21. The monoisotopic (exact) mass is 206 g/mol. The van der Waals surface area contributed by atoms with Crippen molar-refractivity contribution in [2.45, 2.75) is 38.8 Å². The fraction of sp³-hybridized carbons (Fsp3) is 0.583. The normalized spacial score (nSPS) is 17.5. The molecule has 1 heterocycles. The first-order valence-electron chi connectivity index (χ1n) is 5.63. The Hall–Kier alpha value is -1.09. The number of pyridine rings is 1. The second-order valence-corrected chi connectivity index (χ2v) is 4.14. The average molecular weight is 206 g/mol. The van der Waals surface area contributed by atoms with Gasteiger partial charge in [0.15, 0.2) is 0 Å². The van der Waals surface area contributed by atoms with Gasteiger partial charge in [-0.25, -0.2) is 4.98 Å². The molecule has 0 radical (unpaired) electrons. The van der Waals surface area contributed by atoms with E-state index in [1.807, 2.05) is 12.1 Å². The van der Waals surface area contributed by atoms with Crippen molar-refractivity contribution < 1.29 is 5.11 Å². The van der Waals surface area contributed by atoms with Crippen molar-refractivity contribution in [1.82, 2.24) is 4.98 Å². The quantitative estimate of drug-likeness (QED) is 0.819. The van der Waals surface area contributed by atoms with Crippen molar-refractivity contribution in [3.05, 3.63) is 23.9 Å². The molecular weight excluding hydrogens is 188 g/mol. The Labute approximate surface area is 90.8 Å². The molecule has 3 nitrogen and oxygen atoms in total. The molecule has 1 aliphatic rings.